The second kappa shape index (κ2) is 8.52. The number of rotatable bonds is 4. The van der Waals surface area contributed by atoms with Crippen molar-refractivity contribution in [2.45, 2.75) is 37.5 Å². The number of hydrogen-bond acceptors (Lipinski definition) is 4. The quantitative estimate of drug-likeness (QED) is 0.480. The number of hydrogen-bond donors (Lipinski definition) is 0. The number of sulfonamides is 1. The van der Waals surface area contributed by atoms with E-state index in [0.29, 0.717) is 21.6 Å². The Balaban J connectivity index is 1.84. The van der Waals surface area contributed by atoms with E-state index >= 15 is 0 Å². The van der Waals surface area contributed by atoms with E-state index in [1.807, 2.05) is 51.1 Å². The molecule has 0 amide bonds. The van der Waals surface area contributed by atoms with Crippen LogP contribution in [0.25, 0.3) is 0 Å². The molecule has 1 aliphatic carbocycles. The summed E-state index contributed by atoms with van der Waals surface area (Å²) in [4.78, 5) is 14.6. The molecule has 0 aliphatic heterocycles. The summed E-state index contributed by atoms with van der Waals surface area (Å²) in [6.07, 6.45) is 1.59. The molecule has 6 heteroatoms. The van der Waals surface area contributed by atoms with E-state index in [-0.39, 0.29) is 16.4 Å². The van der Waals surface area contributed by atoms with Crippen LogP contribution >= 0.6 is 11.8 Å². The fourth-order valence-electron chi connectivity index (χ4n) is 3.58. The lowest BCUT2D eigenvalue weighted by atomic mass is 9.94. The van der Waals surface area contributed by atoms with E-state index in [1.54, 1.807) is 43.3 Å². The summed E-state index contributed by atoms with van der Waals surface area (Å²) in [7, 11) is -3.97. The van der Waals surface area contributed by atoms with Crippen molar-refractivity contribution in [2.24, 2.45) is 4.40 Å². The number of allylic oxidation sites excluding steroid dienone is 2. The van der Waals surface area contributed by atoms with E-state index in [0.717, 1.165) is 21.6 Å². The Hall–Kier alpha value is -2.96. The van der Waals surface area contributed by atoms with E-state index < -0.39 is 10.0 Å². The van der Waals surface area contributed by atoms with Crippen LogP contribution < -0.4 is 0 Å². The van der Waals surface area contributed by atoms with E-state index in [2.05, 4.69) is 4.40 Å². The van der Waals surface area contributed by atoms with Crippen molar-refractivity contribution in [3.8, 4) is 0 Å². The summed E-state index contributed by atoms with van der Waals surface area (Å²) in [6.45, 7) is 7.60. The van der Waals surface area contributed by atoms with Crippen LogP contribution in [0.4, 0.5) is 0 Å². The first-order valence-electron chi connectivity index (χ1n) is 10.2. The van der Waals surface area contributed by atoms with Crippen LogP contribution in [0.1, 0.15) is 38.2 Å². The third-order valence-corrected chi connectivity index (χ3v) is 7.94. The topological polar surface area (TPSA) is 63.6 Å². The van der Waals surface area contributed by atoms with Gasteiger partial charge < -0.3 is 0 Å². The minimum atomic E-state index is -3.97. The summed E-state index contributed by atoms with van der Waals surface area (Å²) < 4.78 is 30.7. The molecule has 0 aromatic heterocycles. The van der Waals surface area contributed by atoms with E-state index in [9.17, 15) is 13.2 Å². The van der Waals surface area contributed by atoms with E-state index in [4.69, 9.17) is 0 Å². The van der Waals surface area contributed by atoms with Gasteiger partial charge in [-0.15, -0.1) is 0 Å². The SMILES string of the molecule is Cc1ccc(SC2=C/C(=N/S(=O)(=O)c3cc(C)c(C)cc3C)c3ccccc3C2=O)cc1. The Labute approximate surface area is 193 Å². The van der Waals surface area contributed by atoms with Gasteiger partial charge in [0.15, 0.2) is 5.78 Å². The lowest BCUT2D eigenvalue weighted by molar-refractivity contribution is 0.104. The number of carbonyl (C=O) groups is 1. The van der Waals surface area contributed by atoms with Crippen LogP contribution in [0.5, 0.6) is 0 Å². The van der Waals surface area contributed by atoms with Crippen molar-refractivity contribution in [1.29, 1.82) is 0 Å². The Morgan fingerprint density at radius 2 is 1.41 bits per heavy atom. The molecule has 32 heavy (non-hydrogen) atoms. The number of nitrogens with zero attached hydrogens (tertiary/aromatic N) is 1. The summed E-state index contributed by atoms with van der Waals surface area (Å²) in [5.74, 6) is -0.134. The Morgan fingerprint density at radius 1 is 0.781 bits per heavy atom. The highest BCUT2D eigenvalue weighted by molar-refractivity contribution is 8.04. The lowest BCUT2D eigenvalue weighted by Crippen LogP contribution is -2.17. The Kier molecular flexibility index (Phi) is 5.93. The lowest BCUT2D eigenvalue weighted by Gasteiger charge is -2.17. The standard InChI is InChI=1S/C26H23NO3S2/c1-16-9-11-20(12-10-16)31-24-15-23(21-7-5-6-8-22(21)26(24)28)27-32(29,30)25-14-18(3)17(2)13-19(25)4/h5-15H,1-4H3/b27-23-. The molecule has 0 N–H and O–H groups in total. The molecule has 3 aromatic carbocycles. The molecule has 0 bridgehead atoms. The van der Waals surface area contributed by atoms with Gasteiger partial charge in [-0.05, 0) is 68.7 Å². The van der Waals surface area contributed by atoms with E-state index in [1.165, 1.54) is 11.8 Å². The smallest absolute Gasteiger partial charge is 0.283 e. The van der Waals surface area contributed by atoms with Gasteiger partial charge >= 0.3 is 0 Å². The van der Waals surface area contributed by atoms with Gasteiger partial charge in [-0.2, -0.15) is 12.8 Å². The van der Waals surface area contributed by atoms with Crippen molar-refractivity contribution in [3.05, 3.63) is 105 Å². The Morgan fingerprint density at radius 3 is 2.09 bits per heavy atom. The van der Waals surface area contributed by atoms with Crippen molar-refractivity contribution in [1.82, 2.24) is 0 Å². The zero-order chi connectivity index (χ0) is 23.0. The maximum Gasteiger partial charge on any atom is 0.283 e. The molecule has 1 aliphatic rings. The highest BCUT2D eigenvalue weighted by Crippen LogP contribution is 2.34. The first-order chi connectivity index (χ1) is 15.2. The normalized spacial score (nSPS) is 14.9. The molecule has 4 nitrogen and oxygen atoms in total. The second-order valence-electron chi connectivity index (χ2n) is 7.95. The van der Waals surface area contributed by atoms with Crippen molar-refractivity contribution >= 4 is 33.3 Å². The summed E-state index contributed by atoms with van der Waals surface area (Å²) in [6, 6.07) is 18.4. The van der Waals surface area contributed by atoms with Crippen LogP contribution in [0.15, 0.2) is 85.8 Å². The van der Waals surface area contributed by atoms with Crippen LogP contribution in [-0.2, 0) is 10.0 Å². The first-order valence-corrected chi connectivity index (χ1v) is 12.4. The predicted octanol–water partition coefficient (Wildman–Crippen LogP) is 5.97. The molecule has 162 valence electrons. The minimum absolute atomic E-state index is 0.134. The fourth-order valence-corrected chi connectivity index (χ4v) is 5.78. The van der Waals surface area contributed by atoms with Crippen LogP contribution in [0.2, 0.25) is 0 Å². The second-order valence-corrected chi connectivity index (χ2v) is 10.6. The van der Waals surface area contributed by atoms with Gasteiger partial charge in [-0.3, -0.25) is 4.79 Å². The maximum absolute atomic E-state index is 13.3. The van der Waals surface area contributed by atoms with Gasteiger partial charge in [-0.1, -0.05) is 59.8 Å². The molecule has 0 saturated carbocycles. The summed E-state index contributed by atoms with van der Waals surface area (Å²) in [5, 5.41) is 0. The molecule has 0 saturated heterocycles. The Bertz CT molecular complexity index is 1400. The first kappa shape index (κ1) is 22.2. The molecule has 3 aromatic rings. The largest absolute Gasteiger partial charge is 0.288 e. The molecule has 0 fully saturated rings. The van der Waals surface area contributed by atoms with Gasteiger partial charge in [0.2, 0.25) is 0 Å². The number of aryl methyl sites for hydroxylation is 4. The number of fused-ring (bicyclic) bond motifs is 1. The number of carbonyl (C=O) groups excluding carboxylic acids is 1. The van der Waals surface area contributed by atoms with Crippen molar-refractivity contribution < 1.29 is 13.2 Å². The zero-order valence-corrected chi connectivity index (χ0v) is 20.0. The number of ketones is 1. The van der Waals surface area contributed by atoms with Crippen molar-refractivity contribution in [2.75, 3.05) is 0 Å². The van der Waals surface area contributed by atoms with Crippen LogP contribution in [0, 0.1) is 27.7 Å². The van der Waals surface area contributed by atoms with Gasteiger partial charge in [0.25, 0.3) is 10.0 Å². The van der Waals surface area contributed by atoms with Crippen LogP contribution in [0.3, 0.4) is 0 Å². The average Bonchev–Trinajstić information content (AvgIpc) is 2.75. The average molecular weight is 462 g/mol. The molecule has 0 atom stereocenters. The summed E-state index contributed by atoms with van der Waals surface area (Å²) in [5.41, 5.74) is 4.94. The van der Waals surface area contributed by atoms with Crippen LogP contribution in [-0.4, -0.2) is 19.9 Å². The van der Waals surface area contributed by atoms with Gasteiger partial charge in [0.05, 0.1) is 15.5 Å². The molecular formula is C26H23NO3S2. The minimum Gasteiger partial charge on any atom is -0.288 e. The number of benzene rings is 3. The van der Waals surface area contributed by atoms with Gasteiger partial charge in [0, 0.05) is 16.0 Å². The molecular weight excluding hydrogens is 438 g/mol. The summed E-state index contributed by atoms with van der Waals surface area (Å²) >= 11 is 1.31. The predicted molar refractivity (Wildman–Crippen MR) is 130 cm³/mol. The van der Waals surface area contributed by atoms with Gasteiger partial charge in [0.1, 0.15) is 0 Å². The number of Topliss-reactive ketones (excluding diaryl/α,β-unsaturated/α-hetero) is 1. The third kappa shape index (κ3) is 4.33. The highest BCUT2D eigenvalue weighted by atomic mass is 32.2. The van der Waals surface area contributed by atoms with Crippen molar-refractivity contribution in [3.63, 3.8) is 0 Å². The zero-order valence-electron chi connectivity index (χ0n) is 18.3. The maximum atomic E-state index is 13.3. The monoisotopic (exact) mass is 461 g/mol. The molecule has 0 heterocycles. The molecule has 4 rings (SSSR count). The number of thioether (sulfide) groups is 1. The van der Waals surface area contributed by atoms with Gasteiger partial charge in [-0.25, -0.2) is 0 Å². The fraction of sp³-hybridized carbons (Fsp3) is 0.154. The third-order valence-electron chi connectivity index (χ3n) is 5.48. The highest BCUT2D eigenvalue weighted by Gasteiger charge is 2.27. The molecule has 0 spiro atoms. The molecule has 0 radical (unpaired) electrons. The molecule has 0 unspecified atom stereocenters.